The minimum Gasteiger partial charge on any atom is -0.508 e. The first-order valence-corrected chi connectivity index (χ1v) is 11.7. The zero-order valence-corrected chi connectivity index (χ0v) is 19.6. The molecule has 0 saturated carbocycles. The number of aliphatic hydroxyl groups is 1. The second-order valence-corrected chi connectivity index (χ2v) is 9.78. The molecule has 0 radical (unpaired) electrons. The molecule has 1 amide bonds. The van der Waals surface area contributed by atoms with E-state index in [1.807, 2.05) is 32.0 Å². The molecule has 1 saturated heterocycles. The first kappa shape index (κ1) is 25.0. The number of likely N-dealkylation sites (tertiary alicyclic amines) is 1. The van der Waals surface area contributed by atoms with Gasteiger partial charge in [-0.3, -0.25) is 4.79 Å². The van der Waals surface area contributed by atoms with Crippen molar-refractivity contribution in [2.75, 3.05) is 26.2 Å². The quantitative estimate of drug-likeness (QED) is 0.356. The number of amides is 1. The molecule has 1 fully saturated rings. The second kappa shape index (κ2) is 11.0. The van der Waals surface area contributed by atoms with E-state index < -0.39 is 6.10 Å². The molecule has 1 aliphatic heterocycles. The number of carbonyl (C=O) groups excluding carboxylic acids is 1. The fraction of sp³-hybridized carbons (Fsp3) is 0.500. The number of nitrogens with zero attached hydrogens (tertiary/aromatic N) is 1. The Morgan fingerprint density at radius 2 is 1.76 bits per heavy atom. The summed E-state index contributed by atoms with van der Waals surface area (Å²) in [6.45, 7) is 7.43. The largest absolute Gasteiger partial charge is 0.508 e. The van der Waals surface area contributed by atoms with Crippen LogP contribution >= 0.6 is 0 Å². The highest BCUT2D eigenvalue weighted by atomic mass is 16.3. The van der Waals surface area contributed by atoms with Crippen LogP contribution in [-0.2, 0) is 11.2 Å². The Kier molecular flexibility index (Phi) is 8.35. The van der Waals surface area contributed by atoms with E-state index in [0.29, 0.717) is 12.0 Å². The lowest BCUT2D eigenvalue weighted by molar-refractivity contribution is -0.119. The van der Waals surface area contributed by atoms with Crippen molar-refractivity contribution in [1.82, 2.24) is 10.2 Å². The van der Waals surface area contributed by atoms with Crippen molar-refractivity contribution in [2.45, 2.75) is 57.1 Å². The molecule has 2 aromatic carbocycles. The molecule has 2 atom stereocenters. The fourth-order valence-electron chi connectivity index (χ4n) is 4.58. The monoisotopic (exact) mass is 455 g/mol. The van der Waals surface area contributed by atoms with Gasteiger partial charge in [-0.05, 0) is 88.0 Å². The second-order valence-electron chi connectivity index (χ2n) is 9.78. The van der Waals surface area contributed by atoms with Crippen molar-refractivity contribution in [3.63, 3.8) is 0 Å². The summed E-state index contributed by atoms with van der Waals surface area (Å²) in [6.07, 6.45) is 2.98. The number of hydrogen-bond acceptors (Lipinski definition) is 6. The van der Waals surface area contributed by atoms with Crippen molar-refractivity contribution in [3.05, 3.63) is 59.2 Å². The summed E-state index contributed by atoms with van der Waals surface area (Å²) < 4.78 is 0. The molecule has 7 heteroatoms. The van der Waals surface area contributed by atoms with Gasteiger partial charge in [0.25, 0.3) is 0 Å². The van der Waals surface area contributed by atoms with Crippen LogP contribution < -0.4 is 11.1 Å². The molecular formula is C26H37N3O4. The number of β-amino-alcohol motifs (C(OH)–C–C–N with tert-alkyl or cyclic N) is 1. The Balaban J connectivity index is 1.61. The predicted molar refractivity (Wildman–Crippen MR) is 129 cm³/mol. The Morgan fingerprint density at radius 3 is 2.39 bits per heavy atom. The number of hydrogen-bond donors (Lipinski definition) is 5. The molecular weight excluding hydrogens is 418 g/mol. The molecule has 1 heterocycles. The van der Waals surface area contributed by atoms with Crippen LogP contribution in [0.25, 0.3) is 0 Å². The van der Waals surface area contributed by atoms with Crippen molar-refractivity contribution in [1.29, 1.82) is 0 Å². The summed E-state index contributed by atoms with van der Waals surface area (Å²) in [7, 11) is 0. The van der Waals surface area contributed by atoms with E-state index in [4.69, 9.17) is 5.73 Å². The lowest BCUT2D eigenvalue weighted by Crippen LogP contribution is -2.43. The molecule has 0 spiro atoms. The summed E-state index contributed by atoms with van der Waals surface area (Å²) >= 11 is 0. The third kappa shape index (κ3) is 7.45. The van der Waals surface area contributed by atoms with Gasteiger partial charge in [0.05, 0.1) is 12.0 Å². The van der Waals surface area contributed by atoms with Gasteiger partial charge >= 0.3 is 0 Å². The number of phenolic OH excluding ortho intramolecular Hbond substituents is 2. The number of phenols is 2. The minimum absolute atomic E-state index is 0.0890. The first-order chi connectivity index (χ1) is 15.6. The predicted octanol–water partition coefficient (Wildman–Crippen LogP) is 2.80. The molecule has 1 aliphatic rings. The highest BCUT2D eigenvalue weighted by Crippen LogP contribution is 2.26. The molecule has 0 bridgehead atoms. The number of nitrogens with two attached hydrogens (primary N) is 1. The lowest BCUT2D eigenvalue weighted by atomic mass is 9.89. The summed E-state index contributed by atoms with van der Waals surface area (Å²) in [4.78, 5) is 14.6. The summed E-state index contributed by atoms with van der Waals surface area (Å²) in [5.41, 5.74) is 7.90. The van der Waals surface area contributed by atoms with Crippen molar-refractivity contribution < 1.29 is 20.1 Å². The molecule has 2 aromatic rings. The van der Waals surface area contributed by atoms with Gasteiger partial charge in [-0.15, -0.1) is 0 Å². The maximum Gasteiger partial charge on any atom is 0.225 e. The zero-order chi connectivity index (χ0) is 24.0. The summed E-state index contributed by atoms with van der Waals surface area (Å²) in [5.74, 6) is -0.772. The zero-order valence-electron chi connectivity index (χ0n) is 19.6. The topological polar surface area (TPSA) is 119 Å². The van der Waals surface area contributed by atoms with Gasteiger partial charge in [-0.1, -0.05) is 24.3 Å². The van der Waals surface area contributed by atoms with E-state index in [0.717, 1.165) is 37.2 Å². The highest BCUT2D eigenvalue weighted by molar-refractivity contribution is 5.82. The van der Waals surface area contributed by atoms with Gasteiger partial charge < -0.3 is 31.3 Å². The standard InChI is InChI=1S/C26H37N3O4/c1-26(2,28-17-24(32)20-13-21(30)15-22(31)14-20)16-18-6-5-7-19(12-18)23(25(27)33)8-11-29-9-3-4-10-29/h5-7,12-15,23-24,28,30-32H,3-4,8-11,16-17H2,1-2H3,(H2,27,33). The third-order valence-electron chi connectivity index (χ3n) is 6.36. The molecule has 3 rings (SSSR count). The van der Waals surface area contributed by atoms with E-state index in [1.54, 1.807) is 0 Å². The first-order valence-electron chi connectivity index (χ1n) is 11.7. The van der Waals surface area contributed by atoms with Gasteiger partial charge in [-0.2, -0.15) is 0 Å². The maximum absolute atomic E-state index is 12.2. The SMILES string of the molecule is CC(C)(Cc1cccc(C(CCN2CCCC2)C(N)=O)c1)NCC(O)c1cc(O)cc(O)c1. The molecule has 0 aromatic heterocycles. The van der Waals surface area contributed by atoms with Crippen LogP contribution in [0.15, 0.2) is 42.5 Å². The molecule has 2 unspecified atom stereocenters. The van der Waals surface area contributed by atoms with Crippen molar-refractivity contribution in [3.8, 4) is 11.5 Å². The van der Waals surface area contributed by atoms with E-state index in [9.17, 15) is 20.1 Å². The Bertz CT molecular complexity index is 921. The molecule has 7 nitrogen and oxygen atoms in total. The highest BCUT2D eigenvalue weighted by Gasteiger charge is 2.23. The minimum atomic E-state index is -0.876. The molecule has 33 heavy (non-hydrogen) atoms. The van der Waals surface area contributed by atoms with E-state index in [-0.39, 0.29) is 35.4 Å². The van der Waals surface area contributed by atoms with Crippen LogP contribution in [0.4, 0.5) is 0 Å². The normalized spacial score (nSPS) is 16.6. The summed E-state index contributed by atoms with van der Waals surface area (Å²) in [6, 6.07) is 12.1. The van der Waals surface area contributed by atoms with Crippen LogP contribution in [0.5, 0.6) is 11.5 Å². The van der Waals surface area contributed by atoms with Crippen LogP contribution in [0, 0.1) is 0 Å². The summed E-state index contributed by atoms with van der Waals surface area (Å²) in [5, 5.41) is 33.1. The average molecular weight is 456 g/mol. The number of aliphatic hydroxyl groups excluding tert-OH is 1. The Morgan fingerprint density at radius 1 is 1.09 bits per heavy atom. The van der Waals surface area contributed by atoms with Crippen molar-refractivity contribution >= 4 is 5.91 Å². The number of primary amides is 1. The fourth-order valence-corrected chi connectivity index (χ4v) is 4.58. The van der Waals surface area contributed by atoms with Gasteiger partial charge in [0.2, 0.25) is 5.91 Å². The van der Waals surface area contributed by atoms with Gasteiger partial charge in [0.15, 0.2) is 0 Å². The smallest absolute Gasteiger partial charge is 0.225 e. The number of aromatic hydroxyl groups is 2. The number of rotatable bonds is 11. The lowest BCUT2D eigenvalue weighted by Gasteiger charge is -2.28. The van der Waals surface area contributed by atoms with Crippen LogP contribution in [0.3, 0.4) is 0 Å². The number of carbonyl (C=O) groups is 1. The number of benzene rings is 2. The maximum atomic E-state index is 12.2. The van der Waals surface area contributed by atoms with Crippen molar-refractivity contribution in [2.24, 2.45) is 5.73 Å². The Hall–Kier alpha value is -2.61. The van der Waals surface area contributed by atoms with Crippen LogP contribution in [-0.4, -0.2) is 57.8 Å². The van der Waals surface area contributed by atoms with E-state index >= 15 is 0 Å². The third-order valence-corrected chi connectivity index (χ3v) is 6.36. The average Bonchev–Trinajstić information content (AvgIpc) is 3.25. The Labute approximate surface area is 196 Å². The molecule has 6 N–H and O–H groups in total. The van der Waals surface area contributed by atoms with Gasteiger partial charge in [0, 0.05) is 18.2 Å². The van der Waals surface area contributed by atoms with Gasteiger partial charge in [-0.25, -0.2) is 0 Å². The van der Waals surface area contributed by atoms with Crippen LogP contribution in [0.2, 0.25) is 0 Å². The van der Waals surface area contributed by atoms with Crippen LogP contribution in [0.1, 0.15) is 61.8 Å². The number of nitrogens with one attached hydrogen (secondary N) is 1. The van der Waals surface area contributed by atoms with Gasteiger partial charge in [0.1, 0.15) is 11.5 Å². The molecule has 180 valence electrons. The van der Waals surface area contributed by atoms with E-state index in [1.165, 1.54) is 31.0 Å². The molecule has 0 aliphatic carbocycles. The van der Waals surface area contributed by atoms with E-state index in [2.05, 4.69) is 16.3 Å².